The molecule has 2 aromatic carbocycles. The minimum Gasteiger partial charge on any atom is -0.469 e. The topological polar surface area (TPSA) is 75.1 Å². The molecule has 5 nitrogen and oxygen atoms in total. The van der Waals surface area contributed by atoms with Crippen LogP contribution in [-0.2, 0) is 6.42 Å². The maximum absolute atomic E-state index is 12.4. The van der Waals surface area contributed by atoms with Crippen molar-refractivity contribution >= 4 is 5.91 Å². The minimum absolute atomic E-state index is 0.0918. The van der Waals surface area contributed by atoms with Crippen molar-refractivity contribution in [1.29, 1.82) is 0 Å². The van der Waals surface area contributed by atoms with Crippen LogP contribution in [0.2, 0.25) is 0 Å². The van der Waals surface area contributed by atoms with Crippen molar-refractivity contribution in [3.8, 4) is 22.4 Å². The minimum atomic E-state index is -0.412. The highest BCUT2D eigenvalue weighted by Gasteiger charge is 2.11. The molecule has 2 aromatic heterocycles. The summed E-state index contributed by atoms with van der Waals surface area (Å²) >= 11 is 0. The third-order valence-electron chi connectivity index (χ3n) is 4.69. The Morgan fingerprint density at radius 2 is 1.55 bits per heavy atom. The molecule has 2 heterocycles. The van der Waals surface area contributed by atoms with Crippen LogP contribution in [0.5, 0.6) is 0 Å². The highest BCUT2D eigenvalue weighted by atomic mass is 16.3. The Hall–Kier alpha value is -3.86. The molecular weight excluding hydrogens is 364 g/mol. The second-order valence-corrected chi connectivity index (χ2v) is 6.64. The summed E-state index contributed by atoms with van der Waals surface area (Å²) in [6, 6.07) is 25.0. The monoisotopic (exact) mass is 384 g/mol. The highest BCUT2D eigenvalue weighted by Crippen LogP contribution is 2.23. The lowest BCUT2D eigenvalue weighted by molar-refractivity contribution is 0.0952. The number of hydrogen-bond acceptors (Lipinski definition) is 3. The van der Waals surface area contributed by atoms with Crippen LogP contribution in [-0.4, -0.2) is 17.4 Å². The number of carbonyl (C=O) groups excluding carboxylic acids is 1. The molecule has 0 radical (unpaired) electrons. The summed E-state index contributed by atoms with van der Waals surface area (Å²) < 4.78 is 5.23. The van der Waals surface area contributed by atoms with Crippen LogP contribution in [0.15, 0.2) is 94.3 Å². The van der Waals surface area contributed by atoms with E-state index in [1.54, 1.807) is 24.5 Å². The summed E-state index contributed by atoms with van der Waals surface area (Å²) in [5.41, 5.74) is 3.46. The van der Waals surface area contributed by atoms with E-state index in [1.807, 2.05) is 48.5 Å². The van der Waals surface area contributed by atoms with Crippen molar-refractivity contribution in [2.24, 2.45) is 0 Å². The van der Waals surface area contributed by atoms with E-state index >= 15 is 0 Å². The van der Waals surface area contributed by atoms with Gasteiger partial charge in [-0.05, 0) is 41.0 Å². The maximum atomic E-state index is 12.4. The molecule has 29 heavy (non-hydrogen) atoms. The normalized spacial score (nSPS) is 10.6. The number of nitrogens with one attached hydrogen (secondary N) is 2. The third-order valence-corrected chi connectivity index (χ3v) is 4.69. The maximum Gasteiger partial charge on any atom is 0.261 e. The van der Waals surface area contributed by atoms with Crippen molar-refractivity contribution in [2.45, 2.75) is 6.42 Å². The molecule has 0 aliphatic carbocycles. The predicted octanol–water partition coefficient (Wildman–Crippen LogP) is 4.27. The van der Waals surface area contributed by atoms with Gasteiger partial charge < -0.3 is 14.7 Å². The third kappa shape index (κ3) is 4.35. The van der Waals surface area contributed by atoms with Crippen LogP contribution in [0.3, 0.4) is 0 Å². The van der Waals surface area contributed by atoms with E-state index in [-0.39, 0.29) is 5.56 Å². The van der Waals surface area contributed by atoms with Gasteiger partial charge in [0, 0.05) is 18.7 Å². The van der Waals surface area contributed by atoms with Gasteiger partial charge in [-0.25, -0.2) is 0 Å². The summed E-state index contributed by atoms with van der Waals surface area (Å²) in [6.07, 6.45) is 2.16. The van der Waals surface area contributed by atoms with E-state index in [4.69, 9.17) is 4.42 Å². The standard InChI is InChI=1S/C24H20N2O3/c27-23(25-15-14-20-7-4-16-29-20)21-12-13-22(26-24(21)28)19-10-8-18(9-11-19)17-5-2-1-3-6-17/h1-13,16H,14-15H2,(H,25,27)(H,26,28). The summed E-state index contributed by atoms with van der Waals surface area (Å²) in [6.45, 7) is 0.397. The zero-order chi connectivity index (χ0) is 20.1. The molecule has 0 atom stereocenters. The smallest absolute Gasteiger partial charge is 0.261 e. The second kappa shape index (κ2) is 8.44. The Kier molecular flexibility index (Phi) is 5.38. The fourth-order valence-corrected chi connectivity index (χ4v) is 3.14. The van der Waals surface area contributed by atoms with Gasteiger partial charge in [0.2, 0.25) is 0 Å². The molecule has 4 aromatic rings. The average Bonchev–Trinajstić information content (AvgIpc) is 3.28. The summed E-state index contributed by atoms with van der Waals surface area (Å²) in [5, 5.41) is 2.74. The Labute approximate surface area is 168 Å². The van der Waals surface area contributed by atoms with Crippen molar-refractivity contribution in [2.75, 3.05) is 6.54 Å². The summed E-state index contributed by atoms with van der Waals surface area (Å²) in [4.78, 5) is 27.5. The number of pyridine rings is 1. The van der Waals surface area contributed by atoms with E-state index in [0.29, 0.717) is 18.7 Å². The number of hydrogen-bond donors (Lipinski definition) is 2. The lowest BCUT2D eigenvalue weighted by Crippen LogP contribution is -2.31. The quantitative estimate of drug-likeness (QED) is 0.521. The van der Waals surface area contributed by atoms with Crippen LogP contribution >= 0.6 is 0 Å². The summed E-state index contributed by atoms with van der Waals surface area (Å²) in [7, 11) is 0. The molecule has 4 rings (SSSR count). The molecule has 0 spiro atoms. The molecule has 144 valence electrons. The number of benzene rings is 2. The number of amides is 1. The number of aromatic amines is 1. The summed E-state index contributed by atoms with van der Waals surface area (Å²) in [5.74, 6) is 0.386. The van der Waals surface area contributed by atoms with E-state index in [9.17, 15) is 9.59 Å². The first kappa shape index (κ1) is 18.5. The first-order valence-corrected chi connectivity index (χ1v) is 9.40. The zero-order valence-corrected chi connectivity index (χ0v) is 15.7. The molecule has 0 saturated heterocycles. The van der Waals surface area contributed by atoms with Gasteiger partial charge in [-0.15, -0.1) is 0 Å². The predicted molar refractivity (Wildman–Crippen MR) is 113 cm³/mol. The van der Waals surface area contributed by atoms with Crippen LogP contribution in [0.1, 0.15) is 16.1 Å². The fraction of sp³-hybridized carbons (Fsp3) is 0.0833. The lowest BCUT2D eigenvalue weighted by Gasteiger charge is -2.07. The molecule has 0 aliphatic rings. The van der Waals surface area contributed by atoms with Gasteiger partial charge in [0.05, 0.1) is 6.26 Å². The number of furan rings is 1. The van der Waals surface area contributed by atoms with Gasteiger partial charge >= 0.3 is 0 Å². The Balaban J connectivity index is 1.45. The van der Waals surface area contributed by atoms with Crippen LogP contribution in [0.25, 0.3) is 22.4 Å². The molecule has 2 N–H and O–H groups in total. The molecule has 0 saturated carbocycles. The van der Waals surface area contributed by atoms with Crippen molar-refractivity contribution in [3.63, 3.8) is 0 Å². The van der Waals surface area contributed by atoms with Gasteiger partial charge in [0.25, 0.3) is 11.5 Å². The average molecular weight is 384 g/mol. The van der Waals surface area contributed by atoms with Gasteiger partial charge in [-0.2, -0.15) is 0 Å². The van der Waals surface area contributed by atoms with Gasteiger partial charge in [-0.1, -0.05) is 54.6 Å². The molecule has 5 heteroatoms. The van der Waals surface area contributed by atoms with E-state index in [1.165, 1.54) is 0 Å². The van der Waals surface area contributed by atoms with E-state index in [2.05, 4.69) is 22.4 Å². The first-order chi connectivity index (χ1) is 14.2. The molecule has 0 bridgehead atoms. The second-order valence-electron chi connectivity index (χ2n) is 6.64. The van der Waals surface area contributed by atoms with Crippen molar-refractivity contribution < 1.29 is 9.21 Å². The Morgan fingerprint density at radius 1 is 0.828 bits per heavy atom. The van der Waals surface area contributed by atoms with Crippen LogP contribution < -0.4 is 10.9 Å². The number of aromatic nitrogens is 1. The van der Waals surface area contributed by atoms with Gasteiger partial charge in [0.1, 0.15) is 11.3 Å². The molecule has 1 amide bonds. The highest BCUT2D eigenvalue weighted by molar-refractivity contribution is 5.94. The Morgan fingerprint density at radius 3 is 2.24 bits per heavy atom. The SMILES string of the molecule is O=C(NCCc1ccco1)c1ccc(-c2ccc(-c3ccccc3)cc2)[nH]c1=O. The molecule has 0 aliphatic heterocycles. The van der Waals surface area contributed by atoms with E-state index < -0.39 is 11.5 Å². The van der Waals surface area contributed by atoms with Crippen LogP contribution in [0.4, 0.5) is 0 Å². The Bertz CT molecular complexity index is 1140. The molecule has 0 fully saturated rings. The number of H-pyrrole nitrogens is 1. The van der Waals surface area contributed by atoms with Gasteiger partial charge in [-0.3, -0.25) is 9.59 Å². The van der Waals surface area contributed by atoms with Crippen molar-refractivity contribution in [1.82, 2.24) is 10.3 Å². The van der Waals surface area contributed by atoms with Crippen molar-refractivity contribution in [3.05, 3.63) is 107 Å². The van der Waals surface area contributed by atoms with Crippen LogP contribution in [0, 0.1) is 0 Å². The molecule has 0 unspecified atom stereocenters. The van der Waals surface area contributed by atoms with E-state index in [0.717, 1.165) is 22.5 Å². The molecular formula is C24H20N2O3. The zero-order valence-electron chi connectivity index (χ0n) is 15.7. The fourth-order valence-electron chi connectivity index (χ4n) is 3.14. The number of carbonyl (C=O) groups is 1. The largest absolute Gasteiger partial charge is 0.469 e. The lowest BCUT2D eigenvalue weighted by atomic mass is 10.0. The first-order valence-electron chi connectivity index (χ1n) is 9.40. The number of rotatable bonds is 6. The van der Waals surface area contributed by atoms with Gasteiger partial charge in [0.15, 0.2) is 0 Å².